The molecule has 0 saturated carbocycles. The lowest BCUT2D eigenvalue weighted by Gasteiger charge is -2.11. The number of benzene rings is 1. The van der Waals surface area contributed by atoms with E-state index in [2.05, 4.69) is 10.8 Å². The molecule has 1 aromatic rings. The van der Waals surface area contributed by atoms with E-state index in [1.807, 2.05) is 32.0 Å². The van der Waals surface area contributed by atoms with Crippen LogP contribution in [0.5, 0.6) is 0 Å². The molecule has 0 spiro atoms. The number of carbonyl (C=O) groups is 1. The maximum Gasteiger partial charge on any atom is 0.274 e. The molecule has 0 aromatic heterocycles. The van der Waals surface area contributed by atoms with Gasteiger partial charge in [0.1, 0.15) is 0 Å². The van der Waals surface area contributed by atoms with Crippen LogP contribution in [-0.4, -0.2) is 25.1 Å². The quantitative estimate of drug-likeness (QED) is 0.776. The van der Waals surface area contributed by atoms with Gasteiger partial charge in [0.25, 0.3) is 5.91 Å². The van der Waals surface area contributed by atoms with Crippen molar-refractivity contribution in [2.45, 2.75) is 26.4 Å². The molecule has 2 N–H and O–H groups in total. The van der Waals surface area contributed by atoms with Gasteiger partial charge >= 0.3 is 0 Å². The molecule has 1 heterocycles. The first-order chi connectivity index (χ1) is 8.16. The van der Waals surface area contributed by atoms with E-state index in [0.29, 0.717) is 5.56 Å². The number of hydrogen-bond acceptors (Lipinski definition) is 3. The summed E-state index contributed by atoms with van der Waals surface area (Å²) in [4.78, 5) is 17.1. The number of hydroxylamine groups is 1. The number of rotatable bonds is 3. The van der Waals surface area contributed by atoms with Gasteiger partial charge in [-0.15, -0.1) is 0 Å². The van der Waals surface area contributed by atoms with Crippen LogP contribution in [0.15, 0.2) is 18.2 Å². The van der Waals surface area contributed by atoms with E-state index >= 15 is 0 Å². The largest absolute Gasteiger partial charge is 0.314 e. The van der Waals surface area contributed by atoms with Crippen molar-refractivity contribution < 1.29 is 9.63 Å². The highest BCUT2D eigenvalue weighted by Gasteiger charge is 2.16. The van der Waals surface area contributed by atoms with E-state index in [1.165, 1.54) is 5.56 Å². The van der Waals surface area contributed by atoms with Crippen molar-refractivity contribution in [2.75, 3.05) is 13.1 Å². The van der Waals surface area contributed by atoms with E-state index in [0.717, 1.165) is 25.1 Å². The Labute approximate surface area is 101 Å². The predicted octanol–water partition coefficient (Wildman–Crippen LogP) is 1.33. The minimum atomic E-state index is -0.181. The highest BCUT2D eigenvalue weighted by molar-refractivity contribution is 5.93. The van der Waals surface area contributed by atoms with Gasteiger partial charge in [0.15, 0.2) is 0 Å². The molecule has 92 valence electrons. The summed E-state index contributed by atoms with van der Waals surface area (Å²) in [5, 5.41) is 3.18. The standard InChI is InChI=1S/C13H18N2O2/c1-9-3-4-11(7-10(9)2)13(16)15-17-12-5-6-14-8-12/h3-4,7,12,14H,5-6,8H2,1-2H3,(H,15,16). The molecule has 1 aliphatic rings. The smallest absolute Gasteiger partial charge is 0.274 e. The minimum absolute atomic E-state index is 0.0884. The van der Waals surface area contributed by atoms with Gasteiger partial charge in [0.2, 0.25) is 0 Å². The second kappa shape index (κ2) is 5.29. The lowest BCUT2D eigenvalue weighted by atomic mass is 10.1. The van der Waals surface area contributed by atoms with Gasteiger partial charge in [0, 0.05) is 12.1 Å². The van der Waals surface area contributed by atoms with Gasteiger partial charge in [-0.25, -0.2) is 5.48 Å². The summed E-state index contributed by atoms with van der Waals surface area (Å²) in [6.45, 7) is 5.77. The fourth-order valence-corrected chi connectivity index (χ4v) is 1.81. The fraction of sp³-hybridized carbons (Fsp3) is 0.462. The average Bonchev–Trinajstić information content (AvgIpc) is 2.82. The van der Waals surface area contributed by atoms with Crippen LogP contribution in [0.25, 0.3) is 0 Å². The Bertz CT molecular complexity index is 412. The Kier molecular flexibility index (Phi) is 3.76. The zero-order chi connectivity index (χ0) is 12.3. The molecule has 4 heteroatoms. The summed E-state index contributed by atoms with van der Waals surface area (Å²) in [5.74, 6) is -0.181. The third-order valence-electron chi connectivity index (χ3n) is 3.10. The third kappa shape index (κ3) is 3.05. The summed E-state index contributed by atoms with van der Waals surface area (Å²) in [5.41, 5.74) is 5.44. The monoisotopic (exact) mass is 234 g/mol. The Morgan fingerprint density at radius 1 is 1.41 bits per heavy atom. The Balaban J connectivity index is 1.92. The summed E-state index contributed by atoms with van der Waals surface area (Å²) in [7, 11) is 0. The van der Waals surface area contributed by atoms with Crippen LogP contribution in [0.4, 0.5) is 0 Å². The second-order valence-corrected chi connectivity index (χ2v) is 4.46. The first-order valence-electron chi connectivity index (χ1n) is 5.91. The summed E-state index contributed by atoms with van der Waals surface area (Å²) in [6.07, 6.45) is 1.03. The van der Waals surface area contributed by atoms with Crippen LogP contribution >= 0.6 is 0 Å². The molecule has 2 rings (SSSR count). The van der Waals surface area contributed by atoms with E-state index in [4.69, 9.17) is 4.84 Å². The first-order valence-corrected chi connectivity index (χ1v) is 5.91. The molecular weight excluding hydrogens is 216 g/mol. The van der Waals surface area contributed by atoms with E-state index < -0.39 is 0 Å². The number of hydrogen-bond donors (Lipinski definition) is 2. The van der Waals surface area contributed by atoms with Crippen molar-refractivity contribution in [1.29, 1.82) is 0 Å². The van der Waals surface area contributed by atoms with Crippen molar-refractivity contribution in [1.82, 2.24) is 10.8 Å². The molecule has 0 bridgehead atoms. The van der Waals surface area contributed by atoms with Crippen LogP contribution in [0.2, 0.25) is 0 Å². The molecule has 1 amide bonds. The van der Waals surface area contributed by atoms with Gasteiger partial charge in [-0.1, -0.05) is 6.07 Å². The third-order valence-corrected chi connectivity index (χ3v) is 3.10. The van der Waals surface area contributed by atoms with Crippen LogP contribution < -0.4 is 10.8 Å². The maximum atomic E-state index is 11.8. The highest BCUT2D eigenvalue weighted by Crippen LogP contribution is 2.10. The average molecular weight is 234 g/mol. The van der Waals surface area contributed by atoms with E-state index in [-0.39, 0.29) is 12.0 Å². The van der Waals surface area contributed by atoms with E-state index in [1.54, 1.807) is 0 Å². The van der Waals surface area contributed by atoms with Crippen molar-refractivity contribution >= 4 is 5.91 Å². The topological polar surface area (TPSA) is 50.4 Å². The lowest BCUT2D eigenvalue weighted by Crippen LogP contribution is -2.30. The van der Waals surface area contributed by atoms with Gasteiger partial charge in [0.05, 0.1) is 6.10 Å². The minimum Gasteiger partial charge on any atom is -0.314 e. The van der Waals surface area contributed by atoms with Crippen LogP contribution in [0.1, 0.15) is 27.9 Å². The summed E-state index contributed by atoms with van der Waals surface area (Å²) < 4.78 is 0. The first kappa shape index (κ1) is 12.1. The molecule has 1 fully saturated rings. The maximum absolute atomic E-state index is 11.8. The van der Waals surface area contributed by atoms with Crippen LogP contribution in [0.3, 0.4) is 0 Å². The molecule has 1 unspecified atom stereocenters. The molecule has 1 saturated heterocycles. The van der Waals surface area contributed by atoms with Gasteiger partial charge in [-0.3, -0.25) is 9.63 Å². The number of amides is 1. The lowest BCUT2D eigenvalue weighted by molar-refractivity contribution is -0.00681. The molecule has 17 heavy (non-hydrogen) atoms. The second-order valence-electron chi connectivity index (χ2n) is 4.46. The van der Waals surface area contributed by atoms with Gasteiger partial charge < -0.3 is 5.32 Å². The zero-order valence-electron chi connectivity index (χ0n) is 10.2. The Hall–Kier alpha value is -1.39. The summed E-state index contributed by atoms with van der Waals surface area (Å²) in [6, 6.07) is 5.64. The number of aryl methyl sites for hydroxylation is 2. The van der Waals surface area contributed by atoms with Crippen LogP contribution in [-0.2, 0) is 4.84 Å². The zero-order valence-corrected chi connectivity index (χ0v) is 10.2. The molecular formula is C13H18N2O2. The highest BCUT2D eigenvalue weighted by atomic mass is 16.7. The van der Waals surface area contributed by atoms with Crippen LogP contribution in [0, 0.1) is 13.8 Å². The Morgan fingerprint density at radius 2 is 2.24 bits per heavy atom. The van der Waals surface area contributed by atoms with Crippen molar-refractivity contribution in [3.05, 3.63) is 34.9 Å². The van der Waals surface area contributed by atoms with Crippen molar-refractivity contribution in [2.24, 2.45) is 0 Å². The molecule has 0 aliphatic carbocycles. The number of carbonyl (C=O) groups excluding carboxylic acids is 1. The Morgan fingerprint density at radius 3 is 2.88 bits per heavy atom. The predicted molar refractivity (Wildman–Crippen MR) is 65.7 cm³/mol. The normalized spacial score (nSPS) is 19.3. The molecule has 1 atom stereocenters. The van der Waals surface area contributed by atoms with Crippen molar-refractivity contribution in [3.63, 3.8) is 0 Å². The van der Waals surface area contributed by atoms with Gasteiger partial charge in [-0.2, -0.15) is 0 Å². The molecule has 4 nitrogen and oxygen atoms in total. The summed E-state index contributed by atoms with van der Waals surface area (Å²) >= 11 is 0. The number of nitrogens with one attached hydrogen (secondary N) is 2. The SMILES string of the molecule is Cc1ccc(C(=O)NOC2CCNC2)cc1C. The fourth-order valence-electron chi connectivity index (χ4n) is 1.81. The van der Waals surface area contributed by atoms with Crippen molar-refractivity contribution in [3.8, 4) is 0 Å². The van der Waals surface area contributed by atoms with Gasteiger partial charge in [-0.05, 0) is 50.1 Å². The molecule has 1 aliphatic heterocycles. The molecule has 0 radical (unpaired) electrons. The molecule has 1 aromatic carbocycles. The van der Waals surface area contributed by atoms with E-state index in [9.17, 15) is 4.79 Å².